The normalized spacial score (nSPS) is 20.5. The maximum absolute atomic E-state index is 12.0. The van der Waals surface area contributed by atoms with Crippen LogP contribution in [0.2, 0.25) is 5.02 Å². The zero-order chi connectivity index (χ0) is 10.8. The molecule has 1 saturated heterocycles. The Hall–Kier alpha value is -0.740. The molecule has 2 N–H and O–H groups in total. The number of nitrogens with two attached hydrogens (primary N) is 1. The maximum atomic E-state index is 12.0. The van der Waals surface area contributed by atoms with E-state index in [0.29, 0.717) is 10.6 Å². The Morgan fingerprint density at radius 3 is 3.13 bits per heavy atom. The van der Waals surface area contributed by atoms with Gasteiger partial charge in [-0.3, -0.25) is 4.79 Å². The highest BCUT2D eigenvalue weighted by Crippen LogP contribution is 2.30. The molecule has 1 aromatic heterocycles. The topological polar surface area (TPSA) is 56.0 Å². The minimum atomic E-state index is 0.0348. The first-order chi connectivity index (χ1) is 7.18. The predicted octanol–water partition coefficient (Wildman–Crippen LogP) is 2.40. The summed E-state index contributed by atoms with van der Waals surface area (Å²) in [6.45, 7) is 0. The van der Waals surface area contributed by atoms with E-state index in [2.05, 4.69) is 4.98 Å². The molecule has 2 rings (SSSR count). The summed E-state index contributed by atoms with van der Waals surface area (Å²) in [7, 11) is 0. The number of thioether (sulfide) groups is 1. The van der Waals surface area contributed by atoms with Gasteiger partial charge in [-0.25, -0.2) is 4.98 Å². The third-order valence-electron chi connectivity index (χ3n) is 2.37. The molecule has 0 spiro atoms. The molecule has 0 radical (unpaired) electrons. The summed E-state index contributed by atoms with van der Waals surface area (Å²) in [6, 6.07) is 1.60. The molecule has 0 bridgehead atoms. The Morgan fingerprint density at radius 1 is 1.67 bits per heavy atom. The minimum Gasteiger partial charge on any atom is -0.383 e. The number of nitrogens with zero attached hydrogens (tertiary/aromatic N) is 1. The average molecular weight is 243 g/mol. The van der Waals surface area contributed by atoms with Crippen molar-refractivity contribution >= 4 is 35.0 Å². The summed E-state index contributed by atoms with van der Waals surface area (Å²) in [6.07, 6.45) is 3.47. The van der Waals surface area contributed by atoms with Crippen LogP contribution in [0.1, 0.15) is 23.2 Å². The molecule has 1 atom stereocenters. The van der Waals surface area contributed by atoms with Crippen molar-refractivity contribution < 1.29 is 4.79 Å². The number of hydrogen-bond acceptors (Lipinski definition) is 4. The van der Waals surface area contributed by atoms with Gasteiger partial charge in [0.2, 0.25) is 0 Å². The van der Waals surface area contributed by atoms with Gasteiger partial charge in [0.05, 0.1) is 15.8 Å². The van der Waals surface area contributed by atoms with Crippen LogP contribution in [0.25, 0.3) is 0 Å². The van der Waals surface area contributed by atoms with E-state index in [0.717, 1.165) is 18.6 Å². The Labute approximate surface area is 97.4 Å². The average Bonchev–Trinajstić information content (AvgIpc) is 2.74. The highest BCUT2D eigenvalue weighted by Gasteiger charge is 2.26. The van der Waals surface area contributed by atoms with Crippen LogP contribution < -0.4 is 5.73 Å². The number of nitrogen functional groups attached to an aromatic ring is 1. The zero-order valence-electron chi connectivity index (χ0n) is 8.07. The Bertz CT molecular complexity index is 391. The van der Waals surface area contributed by atoms with E-state index in [1.165, 1.54) is 6.20 Å². The summed E-state index contributed by atoms with van der Waals surface area (Å²) >= 11 is 7.47. The molecule has 5 heteroatoms. The number of carbonyl (C=O) groups is 1. The molecule has 3 nitrogen and oxygen atoms in total. The molecule has 1 aliphatic heterocycles. The van der Waals surface area contributed by atoms with Crippen LogP contribution in [-0.4, -0.2) is 21.8 Å². The van der Waals surface area contributed by atoms with E-state index in [-0.39, 0.29) is 16.9 Å². The van der Waals surface area contributed by atoms with Crippen molar-refractivity contribution in [2.75, 3.05) is 11.5 Å². The maximum Gasteiger partial charge on any atom is 0.179 e. The number of ketones is 1. The number of carbonyl (C=O) groups excluding carboxylic acids is 1. The lowest BCUT2D eigenvalue weighted by atomic mass is 10.1. The van der Waals surface area contributed by atoms with Gasteiger partial charge in [0.15, 0.2) is 5.78 Å². The summed E-state index contributed by atoms with van der Waals surface area (Å²) in [5, 5.41) is 0.489. The van der Waals surface area contributed by atoms with Gasteiger partial charge in [0, 0.05) is 6.20 Å². The highest BCUT2D eigenvalue weighted by atomic mass is 35.5. The van der Waals surface area contributed by atoms with Crippen LogP contribution in [0.15, 0.2) is 12.3 Å². The Kier molecular flexibility index (Phi) is 3.17. The van der Waals surface area contributed by atoms with Gasteiger partial charge < -0.3 is 5.73 Å². The van der Waals surface area contributed by atoms with Crippen molar-refractivity contribution in [1.82, 2.24) is 4.98 Å². The standard InChI is InChI=1S/C10H11ClN2OS/c11-6-4-7(10(12)13-5-6)9(14)8-2-1-3-15-8/h4-5,8H,1-3H2,(H2,12,13). The van der Waals surface area contributed by atoms with Gasteiger partial charge in [-0.1, -0.05) is 11.6 Å². The first kappa shape index (κ1) is 10.8. The van der Waals surface area contributed by atoms with Gasteiger partial charge >= 0.3 is 0 Å². The van der Waals surface area contributed by atoms with Crippen molar-refractivity contribution in [1.29, 1.82) is 0 Å². The second-order valence-electron chi connectivity index (χ2n) is 3.45. The molecule has 0 aromatic carbocycles. The summed E-state index contributed by atoms with van der Waals surface area (Å²) in [5.41, 5.74) is 6.12. The molecular formula is C10H11ClN2OS. The van der Waals surface area contributed by atoms with Crippen LogP contribution in [-0.2, 0) is 0 Å². The minimum absolute atomic E-state index is 0.0348. The molecular weight excluding hydrogens is 232 g/mol. The lowest BCUT2D eigenvalue weighted by molar-refractivity contribution is 0.0989. The van der Waals surface area contributed by atoms with Gasteiger partial charge in [-0.2, -0.15) is 11.8 Å². The zero-order valence-corrected chi connectivity index (χ0v) is 9.64. The fourth-order valence-electron chi connectivity index (χ4n) is 1.61. The summed E-state index contributed by atoms with van der Waals surface area (Å²) in [5.74, 6) is 1.38. The van der Waals surface area contributed by atoms with Crippen LogP contribution in [0.3, 0.4) is 0 Å². The van der Waals surface area contributed by atoms with Gasteiger partial charge in [-0.15, -0.1) is 0 Å². The Morgan fingerprint density at radius 2 is 2.47 bits per heavy atom. The van der Waals surface area contributed by atoms with Gasteiger partial charge in [0.1, 0.15) is 5.82 Å². The van der Waals surface area contributed by atoms with E-state index in [4.69, 9.17) is 17.3 Å². The number of pyridine rings is 1. The molecule has 1 aromatic rings. The van der Waals surface area contributed by atoms with E-state index >= 15 is 0 Å². The molecule has 2 heterocycles. The largest absolute Gasteiger partial charge is 0.383 e. The van der Waals surface area contributed by atoms with Crippen molar-refractivity contribution in [3.63, 3.8) is 0 Å². The summed E-state index contributed by atoms with van der Waals surface area (Å²) in [4.78, 5) is 15.9. The molecule has 0 aliphatic carbocycles. The molecule has 15 heavy (non-hydrogen) atoms. The lowest BCUT2D eigenvalue weighted by Crippen LogP contribution is -2.16. The van der Waals surface area contributed by atoms with E-state index in [9.17, 15) is 4.79 Å². The van der Waals surface area contributed by atoms with Crippen LogP contribution in [0, 0.1) is 0 Å². The summed E-state index contributed by atoms with van der Waals surface area (Å²) < 4.78 is 0. The Balaban J connectivity index is 2.27. The predicted molar refractivity (Wildman–Crippen MR) is 63.5 cm³/mol. The lowest BCUT2D eigenvalue weighted by Gasteiger charge is -2.09. The number of halogens is 1. The van der Waals surface area contributed by atoms with Crippen molar-refractivity contribution in [3.05, 3.63) is 22.8 Å². The molecule has 0 saturated carbocycles. The number of hydrogen-bond donors (Lipinski definition) is 1. The first-order valence-electron chi connectivity index (χ1n) is 4.75. The number of aromatic nitrogens is 1. The quantitative estimate of drug-likeness (QED) is 0.810. The fraction of sp³-hybridized carbons (Fsp3) is 0.400. The van der Waals surface area contributed by atoms with Crippen molar-refractivity contribution in [2.24, 2.45) is 0 Å². The van der Waals surface area contributed by atoms with Crippen LogP contribution in [0.5, 0.6) is 0 Å². The second-order valence-corrected chi connectivity index (χ2v) is 5.20. The monoisotopic (exact) mass is 242 g/mol. The molecule has 0 amide bonds. The molecule has 1 unspecified atom stereocenters. The first-order valence-corrected chi connectivity index (χ1v) is 6.18. The highest BCUT2D eigenvalue weighted by molar-refractivity contribution is 8.00. The molecule has 80 valence electrons. The number of anilines is 1. The second kappa shape index (κ2) is 4.41. The van der Waals surface area contributed by atoms with E-state index in [1.807, 2.05) is 0 Å². The third-order valence-corrected chi connectivity index (χ3v) is 3.96. The SMILES string of the molecule is Nc1ncc(Cl)cc1C(=O)C1CCCS1. The molecule has 1 aliphatic rings. The van der Waals surface area contributed by atoms with Crippen molar-refractivity contribution in [3.8, 4) is 0 Å². The van der Waals surface area contributed by atoms with E-state index in [1.54, 1.807) is 17.8 Å². The smallest absolute Gasteiger partial charge is 0.179 e. The number of rotatable bonds is 2. The molecule has 1 fully saturated rings. The third kappa shape index (κ3) is 2.26. The van der Waals surface area contributed by atoms with E-state index < -0.39 is 0 Å². The fourth-order valence-corrected chi connectivity index (χ4v) is 2.99. The van der Waals surface area contributed by atoms with Crippen molar-refractivity contribution in [2.45, 2.75) is 18.1 Å². The van der Waals surface area contributed by atoms with Crippen LogP contribution >= 0.6 is 23.4 Å². The number of Topliss-reactive ketones (excluding diaryl/α,β-unsaturated/α-hetero) is 1. The van der Waals surface area contributed by atoms with Gasteiger partial charge in [-0.05, 0) is 24.7 Å². The van der Waals surface area contributed by atoms with Crippen LogP contribution in [0.4, 0.5) is 5.82 Å². The van der Waals surface area contributed by atoms with Gasteiger partial charge in [0.25, 0.3) is 0 Å².